The van der Waals surface area contributed by atoms with E-state index in [2.05, 4.69) is 65.7 Å². The van der Waals surface area contributed by atoms with Crippen molar-refractivity contribution < 1.29 is 9.13 Å². The van der Waals surface area contributed by atoms with E-state index < -0.39 is 12.4 Å². The first kappa shape index (κ1) is 22.9. The van der Waals surface area contributed by atoms with E-state index in [1.165, 1.54) is 5.57 Å². The van der Waals surface area contributed by atoms with Crippen molar-refractivity contribution >= 4 is 34.9 Å². The number of hydrogen-bond acceptors (Lipinski definition) is 3. The third kappa shape index (κ3) is 4.47. The number of piperidine rings is 1. The van der Waals surface area contributed by atoms with Gasteiger partial charge in [-0.2, -0.15) is 5.10 Å². The van der Waals surface area contributed by atoms with Crippen LogP contribution in [0.1, 0.15) is 25.1 Å². The maximum Gasteiger partial charge on any atom is 0.140 e. The third-order valence-corrected chi connectivity index (χ3v) is 9.26. The number of alkyl halides is 1. The largest absolute Gasteiger partial charge is 0.360 e. The first-order valence-electron chi connectivity index (χ1n) is 11.1. The lowest BCUT2D eigenvalue weighted by molar-refractivity contribution is 0.0805. The molecular formula is C24H33BrFN3OSi. The molecule has 2 aliphatic rings. The number of aromatic nitrogens is 2. The molecule has 1 aromatic carbocycles. The minimum Gasteiger partial charge on any atom is -0.360 e. The van der Waals surface area contributed by atoms with Crippen LogP contribution in [0.5, 0.6) is 0 Å². The molecule has 0 N–H and O–H groups in total. The number of para-hydroxylation sites is 1. The molecule has 1 fully saturated rings. The lowest BCUT2D eigenvalue weighted by Gasteiger charge is -2.45. The molecule has 31 heavy (non-hydrogen) atoms. The van der Waals surface area contributed by atoms with Gasteiger partial charge in [-0.05, 0) is 50.7 Å². The summed E-state index contributed by atoms with van der Waals surface area (Å²) in [5.41, 5.74) is 3.34. The van der Waals surface area contributed by atoms with Crippen LogP contribution in [0.25, 0.3) is 10.9 Å². The minimum absolute atomic E-state index is 0.0214. The second kappa shape index (κ2) is 8.58. The monoisotopic (exact) mass is 505 g/mol. The van der Waals surface area contributed by atoms with E-state index in [4.69, 9.17) is 9.84 Å². The molecule has 7 heteroatoms. The molecule has 0 radical (unpaired) electrons. The zero-order valence-electron chi connectivity index (χ0n) is 19.2. The summed E-state index contributed by atoms with van der Waals surface area (Å²) in [6, 6.07) is 9.52. The number of fused-ring (bicyclic) bond motifs is 2. The Labute approximate surface area is 194 Å². The predicted octanol–water partition coefficient (Wildman–Crippen LogP) is 6.29. The number of likely N-dealkylation sites (tertiary alicyclic amines) is 1. The van der Waals surface area contributed by atoms with E-state index >= 15 is 0 Å². The van der Waals surface area contributed by atoms with Crippen LogP contribution in [-0.2, 0) is 11.5 Å². The summed E-state index contributed by atoms with van der Waals surface area (Å²) in [4.78, 5) is 2.34. The van der Waals surface area contributed by atoms with Gasteiger partial charge in [0.15, 0.2) is 0 Å². The summed E-state index contributed by atoms with van der Waals surface area (Å²) in [5.74, 6) is 0.00588. The standard InChI is InChI=1S/C24H33BrFN3OSi/c1-24(25)19-12-13-28(2)23(17(19)10-11-21(24)26)22-18-8-6-7-9-20(18)29(27-22)16-30-14-15-31(3,4)5/h6-11,19,23H,12-16H2,1-5H3. The Bertz CT molecular complexity index is 1020. The fourth-order valence-corrected chi connectivity index (χ4v) is 6.10. The van der Waals surface area contributed by atoms with Crippen molar-refractivity contribution in [2.24, 2.45) is 5.92 Å². The minimum atomic E-state index is -1.13. The Morgan fingerprint density at radius 1 is 1.26 bits per heavy atom. The normalized spacial score (nSPS) is 27.2. The molecule has 2 heterocycles. The Morgan fingerprint density at radius 2 is 2.00 bits per heavy atom. The molecule has 0 bridgehead atoms. The van der Waals surface area contributed by atoms with Crippen molar-refractivity contribution in [1.29, 1.82) is 0 Å². The maximum atomic E-state index is 14.6. The highest BCUT2D eigenvalue weighted by Gasteiger charge is 2.46. The van der Waals surface area contributed by atoms with Crippen LogP contribution in [0.4, 0.5) is 4.39 Å². The van der Waals surface area contributed by atoms with Crippen LogP contribution >= 0.6 is 15.9 Å². The molecule has 4 rings (SSSR count). The van der Waals surface area contributed by atoms with E-state index in [9.17, 15) is 4.39 Å². The molecule has 0 saturated carbocycles. The lowest BCUT2D eigenvalue weighted by atomic mass is 9.73. The van der Waals surface area contributed by atoms with Gasteiger partial charge in [-0.3, -0.25) is 4.90 Å². The molecule has 3 unspecified atom stereocenters. The Hall–Kier alpha value is -1.28. The van der Waals surface area contributed by atoms with Crippen molar-refractivity contribution in [2.45, 2.75) is 56.1 Å². The van der Waals surface area contributed by atoms with Crippen LogP contribution in [0.2, 0.25) is 25.7 Å². The molecule has 1 aliphatic carbocycles. The van der Waals surface area contributed by atoms with E-state index in [1.807, 2.05) is 23.7 Å². The van der Waals surface area contributed by atoms with Crippen LogP contribution in [0.15, 0.2) is 47.8 Å². The van der Waals surface area contributed by atoms with Crippen molar-refractivity contribution in [2.75, 3.05) is 20.2 Å². The molecule has 3 atom stereocenters. The molecule has 1 aromatic heterocycles. The number of ether oxygens (including phenoxy) is 1. The van der Waals surface area contributed by atoms with Crippen molar-refractivity contribution in [3.8, 4) is 0 Å². The van der Waals surface area contributed by atoms with Crippen LogP contribution in [0.3, 0.4) is 0 Å². The van der Waals surface area contributed by atoms with Gasteiger partial charge in [-0.1, -0.05) is 59.8 Å². The number of benzene rings is 1. The summed E-state index contributed by atoms with van der Waals surface area (Å²) in [6.07, 6.45) is 4.51. The van der Waals surface area contributed by atoms with Gasteiger partial charge in [0.25, 0.3) is 0 Å². The van der Waals surface area contributed by atoms with Crippen LogP contribution in [0, 0.1) is 5.92 Å². The van der Waals surface area contributed by atoms with Gasteiger partial charge >= 0.3 is 0 Å². The van der Waals surface area contributed by atoms with Gasteiger partial charge in [0.1, 0.15) is 12.6 Å². The zero-order chi connectivity index (χ0) is 22.4. The third-order valence-electron chi connectivity index (χ3n) is 6.63. The second-order valence-corrected chi connectivity index (χ2v) is 17.5. The Balaban J connectivity index is 1.69. The highest BCUT2D eigenvalue weighted by molar-refractivity contribution is 9.10. The first-order chi connectivity index (χ1) is 14.6. The summed E-state index contributed by atoms with van der Waals surface area (Å²) >= 11 is 3.69. The average Bonchev–Trinajstić information content (AvgIpc) is 3.06. The van der Waals surface area contributed by atoms with Crippen LogP contribution < -0.4 is 0 Å². The number of likely N-dealkylation sites (N-methyl/N-ethyl adjacent to an activating group) is 1. The Kier molecular flexibility index (Phi) is 6.33. The summed E-state index contributed by atoms with van der Waals surface area (Å²) < 4.78 is 21.9. The molecule has 1 aliphatic heterocycles. The van der Waals surface area contributed by atoms with E-state index in [0.29, 0.717) is 6.73 Å². The first-order valence-corrected chi connectivity index (χ1v) is 15.6. The van der Waals surface area contributed by atoms with Gasteiger partial charge in [0, 0.05) is 26.0 Å². The molecule has 1 saturated heterocycles. The Morgan fingerprint density at radius 3 is 2.74 bits per heavy atom. The second-order valence-electron chi connectivity index (χ2n) is 10.2. The molecule has 4 nitrogen and oxygen atoms in total. The smallest absolute Gasteiger partial charge is 0.140 e. The molecule has 0 spiro atoms. The lowest BCUT2D eigenvalue weighted by Crippen LogP contribution is -2.44. The fourth-order valence-electron chi connectivity index (χ4n) is 4.71. The summed E-state index contributed by atoms with van der Waals surface area (Å²) in [7, 11) is 1.01. The van der Waals surface area contributed by atoms with E-state index in [-0.39, 0.29) is 17.8 Å². The summed E-state index contributed by atoms with van der Waals surface area (Å²) in [6.45, 7) is 11.1. The van der Waals surface area contributed by atoms with Gasteiger partial charge in [0.05, 0.1) is 21.6 Å². The van der Waals surface area contributed by atoms with Gasteiger partial charge < -0.3 is 4.74 Å². The van der Waals surface area contributed by atoms with Gasteiger partial charge in [0.2, 0.25) is 0 Å². The number of hydrogen-bond donors (Lipinski definition) is 0. The number of halogens is 2. The van der Waals surface area contributed by atoms with E-state index in [0.717, 1.165) is 42.2 Å². The fraction of sp³-hybridized carbons (Fsp3) is 0.542. The van der Waals surface area contributed by atoms with Crippen LogP contribution in [-0.4, -0.2) is 47.3 Å². The zero-order valence-corrected chi connectivity index (χ0v) is 21.7. The molecule has 0 amide bonds. The molecule has 168 valence electrons. The molecular weight excluding hydrogens is 473 g/mol. The number of nitrogens with zero attached hydrogens (tertiary/aromatic N) is 3. The highest BCUT2D eigenvalue weighted by Crippen LogP contribution is 2.51. The maximum absolute atomic E-state index is 14.6. The molecule has 2 aromatic rings. The highest BCUT2D eigenvalue weighted by atomic mass is 79.9. The average molecular weight is 507 g/mol. The van der Waals surface area contributed by atoms with Crippen molar-refractivity contribution in [3.63, 3.8) is 0 Å². The summed E-state index contributed by atoms with van der Waals surface area (Å²) in [5, 5.41) is 6.19. The number of allylic oxidation sites excluding steroid dienone is 3. The van der Waals surface area contributed by atoms with Gasteiger partial charge in [-0.25, -0.2) is 9.07 Å². The van der Waals surface area contributed by atoms with E-state index in [1.54, 1.807) is 6.08 Å². The topological polar surface area (TPSA) is 30.3 Å². The quantitative estimate of drug-likeness (QED) is 0.262. The van der Waals surface area contributed by atoms with Crippen molar-refractivity contribution in [3.05, 3.63) is 53.5 Å². The number of rotatable bonds is 6. The van der Waals surface area contributed by atoms with Crippen molar-refractivity contribution in [1.82, 2.24) is 14.7 Å². The predicted molar refractivity (Wildman–Crippen MR) is 132 cm³/mol. The van der Waals surface area contributed by atoms with Gasteiger partial charge in [-0.15, -0.1) is 0 Å². The SMILES string of the molecule is CN1CCC2C(=CC=C(F)C2(C)Br)C1c1nn(COCC[Si](C)(C)C)c2ccccc12.